The predicted octanol–water partition coefficient (Wildman–Crippen LogP) is 4.12. The van der Waals surface area contributed by atoms with Crippen molar-refractivity contribution in [2.45, 2.75) is 46.1 Å². The maximum absolute atomic E-state index is 12.9. The summed E-state index contributed by atoms with van der Waals surface area (Å²) in [5, 5.41) is 19.1. The first-order chi connectivity index (χ1) is 15.4. The van der Waals surface area contributed by atoms with Gasteiger partial charge in [0.15, 0.2) is 0 Å². The van der Waals surface area contributed by atoms with Crippen LogP contribution in [0.1, 0.15) is 55.5 Å². The van der Waals surface area contributed by atoms with Crippen LogP contribution in [0.3, 0.4) is 0 Å². The molecule has 0 N–H and O–H groups in total. The van der Waals surface area contributed by atoms with E-state index in [-0.39, 0.29) is 23.1 Å². The third-order valence-corrected chi connectivity index (χ3v) is 5.47. The minimum absolute atomic E-state index is 0.0111. The number of non-ortho nitro benzene ring substituents is 1. The lowest BCUT2D eigenvalue weighted by molar-refractivity contribution is -0.384. The number of hydrogen-bond acceptors (Lipinski definition) is 7. The summed E-state index contributed by atoms with van der Waals surface area (Å²) in [4.78, 5) is 36.1. The topological polar surface area (TPSA) is 117 Å². The lowest BCUT2D eigenvalue weighted by atomic mass is 10.0. The van der Waals surface area contributed by atoms with Crippen molar-refractivity contribution >= 4 is 22.6 Å². The molecular weight excluding hydrogens is 412 g/mol. The first kappa shape index (κ1) is 23.1. The van der Waals surface area contributed by atoms with E-state index in [1.165, 1.54) is 18.2 Å². The van der Waals surface area contributed by atoms with Gasteiger partial charge in [-0.1, -0.05) is 56.5 Å². The number of nitro groups is 1. The zero-order valence-electron chi connectivity index (χ0n) is 18.2. The second-order valence-electron chi connectivity index (χ2n) is 7.68. The summed E-state index contributed by atoms with van der Waals surface area (Å²) >= 11 is 0. The number of nitro benzene ring substituents is 1. The number of ether oxygens (including phenoxy) is 1. The van der Waals surface area contributed by atoms with Gasteiger partial charge in [0.1, 0.15) is 5.52 Å². The Hall–Kier alpha value is -3.62. The van der Waals surface area contributed by atoms with E-state index in [0.717, 1.165) is 30.4 Å². The average molecular weight is 438 g/mol. The van der Waals surface area contributed by atoms with Crippen LogP contribution in [0.4, 0.5) is 5.69 Å². The van der Waals surface area contributed by atoms with Crippen LogP contribution in [0.2, 0.25) is 0 Å². The van der Waals surface area contributed by atoms with Crippen molar-refractivity contribution in [2.24, 2.45) is 5.92 Å². The van der Waals surface area contributed by atoms with Crippen LogP contribution in [-0.4, -0.2) is 32.5 Å². The second kappa shape index (κ2) is 10.6. The number of carbonyl (C=O) groups excluding carboxylic acids is 1. The van der Waals surface area contributed by atoms with Crippen LogP contribution >= 0.6 is 0 Å². The number of aromatic nitrogens is 3. The minimum Gasteiger partial charge on any atom is -0.462 e. The van der Waals surface area contributed by atoms with Gasteiger partial charge in [-0.3, -0.25) is 14.9 Å². The molecule has 9 nitrogen and oxygen atoms in total. The Morgan fingerprint density at radius 2 is 2.00 bits per heavy atom. The number of carbonyl (C=O) groups is 1. The molecule has 0 aliphatic rings. The molecule has 1 aromatic heterocycles. The van der Waals surface area contributed by atoms with Crippen molar-refractivity contribution in [3.05, 3.63) is 74.1 Å². The van der Waals surface area contributed by atoms with Crippen LogP contribution in [0, 0.1) is 16.0 Å². The summed E-state index contributed by atoms with van der Waals surface area (Å²) in [7, 11) is 0. The Morgan fingerprint density at radius 3 is 2.72 bits per heavy atom. The van der Waals surface area contributed by atoms with Crippen molar-refractivity contribution in [1.82, 2.24) is 15.0 Å². The molecular formula is C23H26N4O5. The van der Waals surface area contributed by atoms with Gasteiger partial charge in [0.25, 0.3) is 11.2 Å². The molecule has 168 valence electrons. The molecule has 0 fully saturated rings. The predicted molar refractivity (Wildman–Crippen MR) is 120 cm³/mol. The highest BCUT2D eigenvalue weighted by Gasteiger charge is 2.17. The molecule has 32 heavy (non-hydrogen) atoms. The SMILES string of the molecule is CCCCC(CC)COC(=O)c1ccccc1Cn1nnc2ccc([N+](=O)[O-])cc2c1=O. The highest BCUT2D eigenvalue weighted by molar-refractivity contribution is 5.91. The number of unbranched alkanes of at least 4 members (excludes halogenated alkanes) is 1. The second-order valence-corrected chi connectivity index (χ2v) is 7.68. The Bertz CT molecular complexity index is 1170. The van der Waals surface area contributed by atoms with Gasteiger partial charge in [-0.15, -0.1) is 5.10 Å². The lowest BCUT2D eigenvalue weighted by Crippen LogP contribution is -2.26. The van der Waals surface area contributed by atoms with Gasteiger partial charge < -0.3 is 4.74 Å². The van der Waals surface area contributed by atoms with Gasteiger partial charge in [-0.2, -0.15) is 0 Å². The van der Waals surface area contributed by atoms with E-state index < -0.39 is 16.5 Å². The summed E-state index contributed by atoms with van der Waals surface area (Å²) < 4.78 is 6.65. The number of esters is 1. The fourth-order valence-electron chi connectivity index (χ4n) is 3.47. The number of nitrogens with zero attached hydrogens (tertiary/aromatic N) is 4. The number of rotatable bonds is 10. The fourth-order valence-corrected chi connectivity index (χ4v) is 3.47. The number of fused-ring (bicyclic) bond motifs is 1. The molecule has 0 spiro atoms. The molecule has 1 atom stereocenters. The van der Waals surface area contributed by atoms with Gasteiger partial charge in [-0.25, -0.2) is 9.48 Å². The highest BCUT2D eigenvalue weighted by atomic mass is 16.6. The van der Waals surface area contributed by atoms with Crippen molar-refractivity contribution in [3.63, 3.8) is 0 Å². The van der Waals surface area contributed by atoms with Crippen LogP contribution in [0.15, 0.2) is 47.3 Å². The molecule has 3 rings (SSSR count). The largest absolute Gasteiger partial charge is 0.462 e. The molecule has 1 heterocycles. The molecule has 0 saturated heterocycles. The summed E-state index contributed by atoms with van der Waals surface area (Å²) in [5.74, 6) is -0.135. The molecule has 0 aliphatic heterocycles. The molecule has 9 heteroatoms. The molecule has 0 radical (unpaired) electrons. The Kier molecular flexibility index (Phi) is 7.64. The standard InChI is InChI=1S/C23H26N4O5/c1-3-5-8-16(4-2)15-32-23(29)19-10-7-6-9-17(19)14-26-22(28)20-13-18(27(30)31)11-12-21(20)24-25-26/h6-7,9-13,16H,3-5,8,14-15H2,1-2H3. The zero-order valence-corrected chi connectivity index (χ0v) is 18.2. The summed E-state index contributed by atoms with van der Waals surface area (Å²) in [5.41, 5.74) is 0.451. The molecule has 0 aliphatic carbocycles. The quantitative estimate of drug-likeness (QED) is 0.265. The lowest BCUT2D eigenvalue weighted by Gasteiger charge is -2.16. The Morgan fingerprint density at radius 1 is 1.22 bits per heavy atom. The smallest absolute Gasteiger partial charge is 0.338 e. The third kappa shape index (κ3) is 5.35. The molecule has 3 aromatic rings. The van der Waals surface area contributed by atoms with Crippen molar-refractivity contribution < 1.29 is 14.5 Å². The van der Waals surface area contributed by atoms with Gasteiger partial charge in [0.05, 0.1) is 29.0 Å². The Balaban J connectivity index is 1.84. The third-order valence-electron chi connectivity index (χ3n) is 5.47. The van der Waals surface area contributed by atoms with Gasteiger partial charge in [0, 0.05) is 12.1 Å². The summed E-state index contributed by atoms with van der Waals surface area (Å²) in [6, 6.07) is 10.7. The van der Waals surface area contributed by atoms with Crippen LogP contribution < -0.4 is 5.56 Å². The van der Waals surface area contributed by atoms with Gasteiger partial charge >= 0.3 is 5.97 Å². The van der Waals surface area contributed by atoms with Gasteiger partial charge in [-0.05, 0) is 30.0 Å². The Labute approximate surface area is 185 Å². The van der Waals surface area contributed by atoms with E-state index in [4.69, 9.17) is 4.74 Å². The van der Waals surface area contributed by atoms with Crippen LogP contribution in [-0.2, 0) is 11.3 Å². The fraction of sp³-hybridized carbons (Fsp3) is 0.391. The number of benzene rings is 2. The maximum Gasteiger partial charge on any atom is 0.338 e. The van der Waals surface area contributed by atoms with Crippen molar-refractivity contribution in [1.29, 1.82) is 0 Å². The van der Waals surface area contributed by atoms with E-state index in [2.05, 4.69) is 24.2 Å². The van der Waals surface area contributed by atoms with E-state index in [1.54, 1.807) is 24.3 Å². The van der Waals surface area contributed by atoms with E-state index >= 15 is 0 Å². The highest BCUT2D eigenvalue weighted by Crippen LogP contribution is 2.18. The summed E-state index contributed by atoms with van der Waals surface area (Å²) in [6.45, 7) is 4.55. The van der Waals surface area contributed by atoms with Crippen LogP contribution in [0.5, 0.6) is 0 Å². The molecule has 1 unspecified atom stereocenters. The van der Waals surface area contributed by atoms with E-state index in [1.807, 2.05) is 0 Å². The molecule has 0 saturated carbocycles. The first-order valence-electron chi connectivity index (χ1n) is 10.7. The van der Waals surface area contributed by atoms with Crippen molar-refractivity contribution in [3.8, 4) is 0 Å². The first-order valence-corrected chi connectivity index (χ1v) is 10.7. The normalized spacial score (nSPS) is 11.9. The number of hydrogen-bond donors (Lipinski definition) is 0. The molecule has 0 bridgehead atoms. The van der Waals surface area contributed by atoms with Gasteiger partial charge in [0.2, 0.25) is 0 Å². The minimum atomic E-state index is -0.570. The summed E-state index contributed by atoms with van der Waals surface area (Å²) in [6.07, 6.45) is 4.13. The van der Waals surface area contributed by atoms with Crippen LogP contribution in [0.25, 0.3) is 10.9 Å². The molecule has 2 aromatic carbocycles. The van der Waals surface area contributed by atoms with E-state index in [9.17, 15) is 19.7 Å². The monoisotopic (exact) mass is 438 g/mol. The maximum atomic E-state index is 12.9. The molecule has 0 amide bonds. The zero-order chi connectivity index (χ0) is 23.1. The van der Waals surface area contributed by atoms with Crippen molar-refractivity contribution in [2.75, 3.05) is 6.61 Å². The van der Waals surface area contributed by atoms with E-state index in [0.29, 0.717) is 23.7 Å². The average Bonchev–Trinajstić information content (AvgIpc) is 2.81.